The van der Waals surface area contributed by atoms with Crippen molar-refractivity contribution in [2.75, 3.05) is 0 Å². The molecule has 0 radical (unpaired) electrons. The van der Waals surface area contributed by atoms with E-state index < -0.39 is 5.54 Å². The fourth-order valence-electron chi connectivity index (χ4n) is 0.787. The van der Waals surface area contributed by atoms with E-state index in [2.05, 4.69) is 5.32 Å². The molecule has 0 aliphatic carbocycles. The second-order valence-electron chi connectivity index (χ2n) is 3.89. The van der Waals surface area contributed by atoms with Crippen molar-refractivity contribution in [1.82, 2.24) is 5.32 Å². The number of nitrogens with one attached hydrogen (secondary N) is 1. The molecule has 0 aromatic rings. The Morgan fingerprint density at radius 3 is 2.27 bits per heavy atom. The molecule has 0 unspecified atom stereocenters. The SMILES string of the molecule is CC(C)NC(=O)CC(C)(C)N. The van der Waals surface area contributed by atoms with E-state index in [0.29, 0.717) is 6.42 Å². The number of carbonyl (C=O) groups is 1. The van der Waals surface area contributed by atoms with Crippen LogP contribution in [0.15, 0.2) is 0 Å². The van der Waals surface area contributed by atoms with Crippen molar-refractivity contribution in [3.8, 4) is 0 Å². The number of carbonyl (C=O) groups excluding carboxylic acids is 1. The predicted octanol–water partition coefficient (Wildman–Crippen LogP) is 0.638. The number of amides is 1. The molecule has 3 N–H and O–H groups in total. The van der Waals surface area contributed by atoms with Gasteiger partial charge in [0.25, 0.3) is 0 Å². The van der Waals surface area contributed by atoms with E-state index >= 15 is 0 Å². The minimum absolute atomic E-state index is 0.0208. The maximum atomic E-state index is 11.1. The van der Waals surface area contributed by atoms with Crippen LogP contribution in [0.25, 0.3) is 0 Å². The summed E-state index contributed by atoms with van der Waals surface area (Å²) in [4.78, 5) is 11.1. The van der Waals surface area contributed by atoms with E-state index in [0.717, 1.165) is 0 Å². The standard InChI is InChI=1S/C8H18N2O/c1-6(2)10-7(11)5-8(3,4)9/h6H,5,9H2,1-4H3,(H,10,11). The van der Waals surface area contributed by atoms with E-state index in [4.69, 9.17) is 5.73 Å². The number of nitrogens with two attached hydrogens (primary N) is 1. The Morgan fingerprint density at radius 1 is 1.55 bits per heavy atom. The third-order valence-electron chi connectivity index (χ3n) is 1.07. The van der Waals surface area contributed by atoms with Crippen molar-refractivity contribution in [3.63, 3.8) is 0 Å². The average Bonchev–Trinajstić information content (AvgIpc) is 1.53. The molecule has 0 aromatic heterocycles. The first-order valence-electron chi connectivity index (χ1n) is 3.89. The fraction of sp³-hybridized carbons (Fsp3) is 0.875. The molecule has 11 heavy (non-hydrogen) atoms. The van der Waals surface area contributed by atoms with Crippen LogP contribution in [0.5, 0.6) is 0 Å². The molecule has 0 fully saturated rings. The van der Waals surface area contributed by atoms with Crippen LogP contribution in [0.1, 0.15) is 34.1 Å². The molecule has 0 rings (SSSR count). The van der Waals surface area contributed by atoms with E-state index in [1.807, 2.05) is 27.7 Å². The number of hydrogen-bond acceptors (Lipinski definition) is 2. The van der Waals surface area contributed by atoms with Crippen LogP contribution in [0, 0.1) is 0 Å². The van der Waals surface area contributed by atoms with Gasteiger partial charge in [0.05, 0.1) is 0 Å². The Labute approximate surface area is 68.3 Å². The van der Waals surface area contributed by atoms with Crippen LogP contribution in [-0.4, -0.2) is 17.5 Å². The highest BCUT2D eigenvalue weighted by molar-refractivity contribution is 5.77. The Balaban J connectivity index is 3.71. The van der Waals surface area contributed by atoms with Gasteiger partial charge in [0, 0.05) is 18.0 Å². The summed E-state index contributed by atoms with van der Waals surface area (Å²) in [6.07, 6.45) is 0.380. The van der Waals surface area contributed by atoms with Gasteiger partial charge in [-0.05, 0) is 27.7 Å². The zero-order valence-corrected chi connectivity index (χ0v) is 7.77. The molecule has 0 spiro atoms. The first kappa shape index (κ1) is 10.4. The molecule has 66 valence electrons. The predicted molar refractivity (Wildman–Crippen MR) is 46.2 cm³/mol. The van der Waals surface area contributed by atoms with Crippen LogP contribution >= 0.6 is 0 Å². The monoisotopic (exact) mass is 158 g/mol. The van der Waals surface area contributed by atoms with Gasteiger partial charge in [-0.25, -0.2) is 0 Å². The first-order chi connectivity index (χ1) is 4.81. The molecule has 0 bridgehead atoms. The van der Waals surface area contributed by atoms with Gasteiger partial charge in [-0.15, -0.1) is 0 Å². The van der Waals surface area contributed by atoms with Gasteiger partial charge in [-0.1, -0.05) is 0 Å². The molecule has 1 amide bonds. The van der Waals surface area contributed by atoms with Crippen LogP contribution in [0.4, 0.5) is 0 Å². The lowest BCUT2D eigenvalue weighted by Crippen LogP contribution is -2.40. The number of hydrogen-bond donors (Lipinski definition) is 2. The molecule has 0 aromatic carbocycles. The highest BCUT2D eigenvalue weighted by Gasteiger charge is 2.16. The van der Waals surface area contributed by atoms with Gasteiger partial charge < -0.3 is 11.1 Å². The van der Waals surface area contributed by atoms with Gasteiger partial charge in [0.1, 0.15) is 0 Å². The summed E-state index contributed by atoms with van der Waals surface area (Å²) < 4.78 is 0. The summed E-state index contributed by atoms with van der Waals surface area (Å²) in [5.41, 5.74) is 5.25. The zero-order chi connectivity index (χ0) is 9.07. The van der Waals surface area contributed by atoms with Gasteiger partial charge >= 0.3 is 0 Å². The minimum atomic E-state index is -0.404. The molecule has 0 saturated heterocycles. The topological polar surface area (TPSA) is 55.1 Å². The van der Waals surface area contributed by atoms with Crippen LogP contribution < -0.4 is 11.1 Å². The van der Waals surface area contributed by atoms with E-state index in [-0.39, 0.29) is 11.9 Å². The molecular weight excluding hydrogens is 140 g/mol. The Kier molecular flexibility index (Phi) is 3.52. The summed E-state index contributed by atoms with van der Waals surface area (Å²) in [5.74, 6) is 0.0208. The van der Waals surface area contributed by atoms with Gasteiger partial charge in [-0.2, -0.15) is 0 Å². The lowest BCUT2D eigenvalue weighted by Gasteiger charge is -2.18. The molecule has 0 saturated carbocycles. The molecule has 0 aliphatic heterocycles. The number of rotatable bonds is 3. The van der Waals surface area contributed by atoms with E-state index in [1.54, 1.807) is 0 Å². The molecule has 0 aliphatic rings. The summed E-state index contributed by atoms with van der Waals surface area (Å²) in [5, 5.41) is 2.78. The summed E-state index contributed by atoms with van der Waals surface area (Å²) in [7, 11) is 0. The Bertz CT molecular complexity index is 136. The maximum absolute atomic E-state index is 11.1. The van der Waals surface area contributed by atoms with E-state index in [1.165, 1.54) is 0 Å². The molecule has 0 atom stereocenters. The molecule has 3 heteroatoms. The van der Waals surface area contributed by atoms with Crippen LogP contribution in [0.3, 0.4) is 0 Å². The second kappa shape index (κ2) is 3.72. The summed E-state index contributed by atoms with van der Waals surface area (Å²) in [6, 6.07) is 0.199. The maximum Gasteiger partial charge on any atom is 0.222 e. The molecule has 0 heterocycles. The lowest BCUT2D eigenvalue weighted by molar-refractivity contribution is -0.122. The van der Waals surface area contributed by atoms with Crippen LogP contribution in [0.2, 0.25) is 0 Å². The average molecular weight is 158 g/mol. The molecule has 3 nitrogen and oxygen atoms in total. The summed E-state index contributed by atoms with van der Waals surface area (Å²) >= 11 is 0. The Hall–Kier alpha value is -0.570. The van der Waals surface area contributed by atoms with Crippen molar-refractivity contribution in [3.05, 3.63) is 0 Å². The van der Waals surface area contributed by atoms with Crippen LogP contribution in [-0.2, 0) is 4.79 Å². The largest absolute Gasteiger partial charge is 0.354 e. The van der Waals surface area contributed by atoms with Gasteiger partial charge in [-0.3, -0.25) is 4.79 Å². The van der Waals surface area contributed by atoms with Crippen molar-refractivity contribution in [2.24, 2.45) is 5.73 Å². The first-order valence-corrected chi connectivity index (χ1v) is 3.89. The smallest absolute Gasteiger partial charge is 0.222 e. The normalized spacial score (nSPS) is 11.8. The highest BCUT2D eigenvalue weighted by Crippen LogP contribution is 2.02. The van der Waals surface area contributed by atoms with Crippen molar-refractivity contribution in [1.29, 1.82) is 0 Å². The Morgan fingerprint density at radius 2 is 2.00 bits per heavy atom. The van der Waals surface area contributed by atoms with Crippen molar-refractivity contribution in [2.45, 2.75) is 45.7 Å². The van der Waals surface area contributed by atoms with Crippen molar-refractivity contribution < 1.29 is 4.79 Å². The molecular formula is C8H18N2O. The van der Waals surface area contributed by atoms with Gasteiger partial charge in [0.15, 0.2) is 0 Å². The van der Waals surface area contributed by atoms with E-state index in [9.17, 15) is 4.79 Å². The highest BCUT2D eigenvalue weighted by atomic mass is 16.1. The lowest BCUT2D eigenvalue weighted by atomic mass is 10.0. The quantitative estimate of drug-likeness (QED) is 0.633. The van der Waals surface area contributed by atoms with Crippen molar-refractivity contribution >= 4 is 5.91 Å². The third kappa shape index (κ3) is 7.33. The zero-order valence-electron chi connectivity index (χ0n) is 7.77. The second-order valence-corrected chi connectivity index (χ2v) is 3.89. The minimum Gasteiger partial charge on any atom is -0.354 e. The summed E-state index contributed by atoms with van der Waals surface area (Å²) in [6.45, 7) is 7.54. The fourth-order valence-corrected chi connectivity index (χ4v) is 0.787. The van der Waals surface area contributed by atoms with Gasteiger partial charge in [0.2, 0.25) is 5.91 Å². The third-order valence-corrected chi connectivity index (χ3v) is 1.07.